The van der Waals surface area contributed by atoms with Gasteiger partial charge in [-0.1, -0.05) is 42.5 Å². The van der Waals surface area contributed by atoms with Gasteiger partial charge in [-0.2, -0.15) is 0 Å². The molecule has 0 aromatic heterocycles. The molecule has 0 unspecified atom stereocenters. The van der Waals surface area contributed by atoms with Crippen LogP contribution in [0.15, 0.2) is 54.6 Å². The standard InChI is InChI=1S/C18H21NO2.ClH/c1-3-21-18(20)17-11-9-15(10-12-17)13-19-14(2)16-7-5-4-6-8-16;/h4-12,14,19H,3,13H2,1-2H3;1H/t14-;/m0./s1. The lowest BCUT2D eigenvalue weighted by Crippen LogP contribution is -2.18. The highest BCUT2D eigenvalue weighted by Gasteiger charge is 2.07. The van der Waals surface area contributed by atoms with E-state index in [0.717, 1.165) is 12.1 Å². The molecule has 1 atom stereocenters. The van der Waals surface area contributed by atoms with Crippen LogP contribution >= 0.6 is 12.4 Å². The lowest BCUT2D eigenvalue weighted by Gasteiger charge is -2.14. The van der Waals surface area contributed by atoms with Crippen LogP contribution in [0.4, 0.5) is 0 Å². The number of halogens is 1. The van der Waals surface area contributed by atoms with Gasteiger partial charge in [0.05, 0.1) is 12.2 Å². The largest absolute Gasteiger partial charge is 0.462 e. The van der Waals surface area contributed by atoms with Crippen LogP contribution in [0.2, 0.25) is 0 Å². The summed E-state index contributed by atoms with van der Waals surface area (Å²) >= 11 is 0. The first-order valence-corrected chi connectivity index (χ1v) is 7.25. The first kappa shape index (κ1) is 18.2. The van der Waals surface area contributed by atoms with Gasteiger partial charge in [-0.25, -0.2) is 4.79 Å². The van der Waals surface area contributed by atoms with Crippen molar-refractivity contribution in [2.45, 2.75) is 26.4 Å². The lowest BCUT2D eigenvalue weighted by molar-refractivity contribution is 0.0526. The van der Waals surface area contributed by atoms with Crippen molar-refractivity contribution >= 4 is 18.4 Å². The molecule has 1 N–H and O–H groups in total. The van der Waals surface area contributed by atoms with Gasteiger partial charge in [-0.3, -0.25) is 0 Å². The van der Waals surface area contributed by atoms with Crippen LogP contribution in [0.1, 0.15) is 41.4 Å². The summed E-state index contributed by atoms with van der Waals surface area (Å²) in [6, 6.07) is 18.1. The maximum atomic E-state index is 11.6. The number of nitrogens with one attached hydrogen (secondary N) is 1. The lowest BCUT2D eigenvalue weighted by atomic mass is 10.1. The third kappa shape index (κ3) is 5.17. The molecular weight excluding hydrogens is 298 g/mol. The summed E-state index contributed by atoms with van der Waals surface area (Å²) in [6.07, 6.45) is 0. The van der Waals surface area contributed by atoms with Crippen LogP contribution in [0.3, 0.4) is 0 Å². The summed E-state index contributed by atoms with van der Waals surface area (Å²) in [5.74, 6) is -0.269. The van der Waals surface area contributed by atoms with Gasteiger partial charge >= 0.3 is 5.97 Å². The SMILES string of the molecule is CCOC(=O)c1ccc(CN[C@@H](C)c2ccccc2)cc1.Cl. The predicted molar refractivity (Wildman–Crippen MR) is 91.3 cm³/mol. The number of ether oxygens (including phenoxy) is 1. The highest BCUT2D eigenvalue weighted by Crippen LogP contribution is 2.13. The number of rotatable bonds is 6. The molecule has 0 radical (unpaired) electrons. The molecule has 0 aliphatic carbocycles. The van der Waals surface area contributed by atoms with Gasteiger partial charge in [0.15, 0.2) is 0 Å². The molecule has 118 valence electrons. The zero-order valence-corrected chi connectivity index (χ0v) is 13.7. The summed E-state index contributed by atoms with van der Waals surface area (Å²) in [7, 11) is 0. The average molecular weight is 320 g/mol. The Morgan fingerprint density at radius 1 is 1.09 bits per heavy atom. The minimum atomic E-state index is -0.269. The Morgan fingerprint density at radius 3 is 2.32 bits per heavy atom. The van der Waals surface area contributed by atoms with Gasteiger partial charge in [0.1, 0.15) is 0 Å². The Hall–Kier alpha value is -1.84. The quantitative estimate of drug-likeness (QED) is 0.813. The van der Waals surface area contributed by atoms with E-state index in [4.69, 9.17) is 4.74 Å². The van der Waals surface area contributed by atoms with Crippen molar-refractivity contribution in [3.05, 3.63) is 71.3 Å². The molecule has 22 heavy (non-hydrogen) atoms. The van der Waals surface area contributed by atoms with Gasteiger partial charge in [-0.15, -0.1) is 12.4 Å². The molecule has 0 aliphatic rings. The third-order valence-electron chi connectivity index (χ3n) is 3.38. The van der Waals surface area contributed by atoms with Crippen LogP contribution in [-0.4, -0.2) is 12.6 Å². The van der Waals surface area contributed by atoms with Gasteiger partial charge in [0.2, 0.25) is 0 Å². The zero-order chi connectivity index (χ0) is 15.1. The summed E-state index contributed by atoms with van der Waals surface area (Å²) in [5, 5.41) is 3.47. The number of carbonyl (C=O) groups excluding carboxylic acids is 1. The van der Waals surface area contributed by atoms with Gasteiger partial charge < -0.3 is 10.1 Å². The molecule has 0 bridgehead atoms. The molecular formula is C18H22ClNO2. The normalized spacial score (nSPS) is 11.4. The molecule has 0 amide bonds. The molecule has 2 aromatic rings. The Balaban J connectivity index is 0.00000242. The second-order valence-electron chi connectivity index (χ2n) is 4.93. The fraction of sp³-hybridized carbons (Fsp3) is 0.278. The Bertz CT molecular complexity index is 569. The van der Waals surface area contributed by atoms with E-state index >= 15 is 0 Å². The number of carbonyl (C=O) groups is 1. The maximum absolute atomic E-state index is 11.6. The molecule has 2 rings (SSSR count). The smallest absolute Gasteiger partial charge is 0.338 e. The minimum Gasteiger partial charge on any atom is -0.462 e. The Kier molecular flexibility index (Phi) is 7.64. The van der Waals surface area contributed by atoms with Crippen LogP contribution in [0.25, 0.3) is 0 Å². The van der Waals surface area contributed by atoms with Crippen LogP contribution in [0.5, 0.6) is 0 Å². The van der Waals surface area contributed by atoms with Gasteiger partial charge in [-0.05, 0) is 37.1 Å². The van der Waals surface area contributed by atoms with E-state index in [-0.39, 0.29) is 24.4 Å². The van der Waals surface area contributed by atoms with E-state index < -0.39 is 0 Å². The summed E-state index contributed by atoms with van der Waals surface area (Å²) in [4.78, 5) is 11.6. The number of esters is 1. The zero-order valence-electron chi connectivity index (χ0n) is 12.9. The van der Waals surface area contributed by atoms with Gasteiger partial charge in [0, 0.05) is 12.6 Å². The second kappa shape index (κ2) is 9.23. The molecule has 2 aromatic carbocycles. The summed E-state index contributed by atoms with van der Waals surface area (Å²) in [6.45, 7) is 5.11. The number of hydrogen-bond acceptors (Lipinski definition) is 3. The second-order valence-corrected chi connectivity index (χ2v) is 4.93. The predicted octanol–water partition coefficient (Wildman–Crippen LogP) is 4.14. The van der Waals surface area contributed by atoms with Crippen LogP contribution in [0, 0.1) is 0 Å². The molecule has 0 aliphatic heterocycles. The first-order valence-electron chi connectivity index (χ1n) is 7.25. The molecule has 0 heterocycles. The highest BCUT2D eigenvalue weighted by atomic mass is 35.5. The van der Waals surface area contributed by atoms with Crippen molar-refractivity contribution in [2.75, 3.05) is 6.61 Å². The van der Waals surface area contributed by atoms with Crippen molar-refractivity contribution in [1.29, 1.82) is 0 Å². The summed E-state index contributed by atoms with van der Waals surface area (Å²) in [5.41, 5.74) is 3.00. The molecule has 4 heteroatoms. The average Bonchev–Trinajstić information content (AvgIpc) is 2.54. The van der Waals surface area contributed by atoms with Crippen molar-refractivity contribution < 1.29 is 9.53 Å². The molecule has 0 saturated heterocycles. The first-order chi connectivity index (χ1) is 10.2. The van der Waals surface area contributed by atoms with E-state index in [2.05, 4.69) is 24.4 Å². The van der Waals surface area contributed by atoms with E-state index in [1.54, 1.807) is 6.92 Å². The Morgan fingerprint density at radius 2 is 1.73 bits per heavy atom. The topological polar surface area (TPSA) is 38.3 Å². The van der Waals surface area contributed by atoms with Crippen LogP contribution < -0.4 is 5.32 Å². The van der Waals surface area contributed by atoms with Crippen molar-refractivity contribution in [2.24, 2.45) is 0 Å². The molecule has 0 saturated carbocycles. The Labute approximate surface area is 138 Å². The number of hydrogen-bond donors (Lipinski definition) is 1. The van der Waals surface area contributed by atoms with E-state index in [9.17, 15) is 4.79 Å². The van der Waals surface area contributed by atoms with E-state index in [1.807, 2.05) is 42.5 Å². The van der Waals surface area contributed by atoms with Crippen molar-refractivity contribution in [1.82, 2.24) is 5.32 Å². The number of benzene rings is 2. The molecule has 0 fully saturated rings. The highest BCUT2D eigenvalue weighted by molar-refractivity contribution is 5.89. The van der Waals surface area contributed by atoms with Crippen LogP contribution in [-0.2, 0) is 11.3 Å². The maximum Gasteiger partial charge on any atom is 0.338 e. The van der Waals surface area contributed by atoms with Crippen molar-refractivity contribution in [3.63, 3.8) is 0 Å². The fourth-order valence-corrected chi connectivity index (χ4v) is 2.10. The monoisotopic (exact) mass is 319 g/mol. The molecule has 3 nitrogen and oxygen atoms in total. The molecule has 0 spiro atoms. The third-order valence-corrected chi connectivity index (χ3v) is 3.38. The van der Waals surface area contributed by atoms with E-state index in [1.165, 1.54) is 5.56 Å². The van der Waals surface area contributed by atoms with Crippen molar-refractivity contribution in [3.8, 4) is 0 Å². The van der Waals surface area contributed by atoms with E-state index in [0.29, 0.717) is 12.2 Å². The minimum absolute atomic E-state index is 0. The summed E-state index contributed by atoms with van der Waals surface area (Å²) < 4.78 is 4.97. The van der Waals surface area contributed by atoms with Gasteiger partial charge in [0.25, 0.3) is 0 Å². The fourth-order valence-electron chi connectivity index (χ4n) is 2.10.